The molecule has 2 aliphatic heterocycles. The fourth-order valence-corrected chi connectivity index (χ4v) is 3.39. The third kappa shape index (κ3) is 2.39. The summed E-state index contributed by atoms with van der Waals surface area (Å²) in [5, 5.41) is 6.50. The van der Waals surface area contributed by atoms with Crippen molar-refractivity contribution in [1.29, 1.82) is 0 Å². The van der Waals surface area contributed by atoms with Gasteiger partial charge in [-0.1, -0.05) is 0 Å². The highest BCUT2D eigenvalue weighted by atomic mass is 19.1. The molecule has 114 valence electrons. The maximum absolute atomic E-state index is 13.1. The highest BCUT2D eigenvalue weighted by Gasteiger charge is 2.39. The van der Waals surface area contributed by atoms with Gasteiger partial charge in [0.25, 0.3) is 5.91 Å². The van der Waals surface area contributed by atoms with Crippen LogP contribution in [-0.4, -0.2) is 29.0 Å². The number of carbonyl (C=O) groups excluding carboxylic acids is 1. The standard InChI is InChI=1S/C16H16FN3O2/c17-15-7-9(5-6-18-15)13-3-4-14(22-13)16(21)20-12-8-10-1-2-11(12)19-10/h3-7,10-12,19H,1-2,8H2,(H,20,21). The number of pyridine rings is 1. The van der Waals surface area contributed by atoms with Gasteiger partial charge in [-0.25, -0.2) is 4.98 Å². The highest BCUT2D eigenvalue weighted by Crippen LogP contribution is 2.29. The van der Waals surface area contributed by atoms with Gasteiger partial charge in [-0.05, 0) is 37.5 Å². The summed E-state index contributed by atoms with van der Waals surface area (Å²) in [7, 11) is 0. The molecule has 5 nitrogen and oxygen atoms in total. The number of fused-ring (bicyclic) bond motifs is 2. The Balaban J connectivity index is 1.48. The molecule has 0 aliphatic carbocycles. The van der Waals surface area contributed by atoms with E-state index in [4.69, 9.17) is 4.42 Å². The average Bonchev–Trinajstić information content (AvgIpc) is 3.23. The number of aromatic nitrogens is 1. The Morgan fingerprint density at radius 1 is 1.36 bits per heavy atom. The molecule has 2 bridgehead atoms. The summed E-state index contributed by atoms with van der Waals surface area (Å²) in [6.07, 6.45) is 4.64. The van der Waals surface area contributed by atoms with Crippen LogP contribution in [0.4, 0.5) is 4.39 Å². The van der Waals surface area contributed by atoms with Crippen LogP contribution in [-0.2, 0) is 0 Å². The Hall–Kier alpha value is -2.21. The van der Waals surface area contributed by atoms with E-state index in [-0.39, 0.29) is 17.7 Å². The van der Waals surface area contributed by atoms with Crippen LogP contribution in [0, 0.1) is 5.95 Å². The van der Waals surface area contributed by atoms with Crippen molar-refractivity contribution in [2.24, 2.45) is 0 Å². The first-order chi connectivity index (χ1) is 10.7. The van der Waals surface area contributed by atoms with Crippen molar-refractivity contribution in [3.8, 4) is 11.3 Å². The third-order valence-electron chi connectivity index (χ3n) is 4.46. The lowest BCUT2D eigenvalue weighted by Gasteiger charge is -2.20. The van der Waals surface area contributed by atoms with E-state index < -0.39 is 5.95 Å². The van der Waals surface area contributed by atoms with Crippen LogP contribution in [0.2, 0.25) is 0 Å². The summed E-state index contributed by atoms with van der Waals surface area (Å²) in [5.41, 5.74) is 0.563. The lowest BCUT2D eigenvalue weighted by molar-refractivity contribution is 0.0903. The van der Waals surface area contributed by atoms with Crippen molar-refractivity contribution in [3.63, 3.8) is 0 Å². The SMILES string of the molecule is O=C(NC1CC2CCC1N2)c1ccc(-c2ccnc(F)c2)o1. The molecule has 2 aromatic rings. The van der Waals surface area contributed by atoms with Crippen LogP contribution in [0.3, 0.4) is 0 Å². The van der Waals surface area contributed by atoms with Crippen LogP contribution in [0.25, 0.3) is 11.3 Å². The number of hydrogen-bond acceptors (Lipinski definition) is 4. The molecule has 2 fully saturated rings. The summed E-state index contributed by atoms with van der Waals surface area (Å²) in [5.74, 6) is -0.0967. The fraction of sp³-hybridized carbons (Fsp3) is 0.375. The van der Waals surface area contributed by atoms with Gasteiger partial charge >= 0.3 is 0 Å². The minimum Gasteiger partial charge on any atom is -0.451 e. The molecular formula is C16H16FN3O2. The first kappa shape index (κ1) is 13.5. The summed E-state index contributed by atoms with van der Waals surface area (Å²) in [4.78, 5) is 15.8. The lowest BCUT2D eigenvalue weighted by Crippen LogP contribution is -2.42. The normalized spacial score (nSPS) is 26.3. The monoisotopic (exact) mass is 301 g/mol. The van der Waals surface area contributed by atoms with Crippen molar-refractivity contribution in [3.05, 3.63) is 42.2 Å². The molecule has 3 unspecified atom stereocenters. The number of nitrogens with zero attached hydrogens (tertiary/aromatic N) is 1. The molecule has 4 rings (SSSR count). The van der Waals surface area contributed by atoms with Gasteiger partial charge in [0.2, 0.25) is 5.95 Å². The second-order valence-electron chi connectivity index (χ2n) is 5.89. The molecule has 2 saturated heterocycles. The van der Waals surface area contributed by atoms with Crippen LogP contribution in [0.1, 0.15) is 29.8 Å². The van der Waals surface area contributed by atoms with Gasteiger partial charge in [-0.15, -0.1) is 0 Å². The Morgan fingerprint density at radius 3 is 3.00 bits per heavy atom. The predicted molar refractivity (Wildman–Crippen MR) is 77.7 cm³/mol. The molecular weight excluding hydrogens is 285 g/mol. The number of hydrogen-bond donors (Lipinski definition) is 2. The van der Waals surface area contributed by atoms with Gasteiger partial charge in [0, 0.05) is 36.0 Å². The molecule has 22 heavy (non-hydrogen) atoms. The zero-order valence-corrected chi connectivity index (χ0v) is 11.9. The first-order valence-electron chi connectivity index (χ1n) is 7.48. The van der Waals surface area contributed by atoms with Gasteiger partial charge < -0.3 is 15.1 Å². The molecule has 0 spiro atoms. The summed E-state index contributed by atoms with van der Waals surface area (Å²) in [6.45, 7) is 0. The van der Waals surface area contributed by atoms with Crippen molar-refractivity contribution in [2.75, 3.05) is 0 Å². The van der Waals surface area contributed by atoms with E-state index in [0.717, 1.165) is 12.8 Å². The summed E-state index contributed by atoms with van der Waals surface area (Å²) in [6, 6.07) is 7.27. The van der Waals surface area contributed by atoms with E-state index in [1.165, 1.54) is 18.7 Å². The summed E-state index contributed by atoms with van der Waals surface area (Å²) < 4.78 is 18.7. The maximum atomic E-state index is 13.1. The van der Waals surface area contributed by atoms with Crippen LogP contribution < -0.4 is 10.6 Å². The number of nitrogens with one attached hydrogen (secondary N) is 2. The highest BCUT2D eigenvalue weighted by molar-refractivity contribution is 5.92. The van der Waals surface area contributed by atoms with E-state index in [1.807, 2.05) is 0 Å². The van der Waals surface area contributed by atoms with Crippen molar-refractivity contribution >= 4 is 5.91 Å². The lowest BCUT2D eigenvalue weighted by atomic mass is 9.95. The molecule has 0 saturated carbocycles. The van der Waals surface area contributed by atoms with Gasteiger partial charge in [0.15, 0.2) is 5.76 Å². The van der Waals surface area contributed by atoms with Crippen LogP contribution >= 0.6 is 0 Å². The van der Waals surface area contributed by atoms with Crippen molar-refractivity contribution in [1.82, 2.24) is 15.6 Å². The largest absolute Gasteiger partial charge is 0.451 e. The Kier molecular flexibility index (Phi) is 3.18. The second kappa shape index (κ2) is 5.21. The number of rotatable bonds is 3. The minimum atomic E-state index is -0.576. The van der Waals surface area contributed by atoms with E-state index in [0.29, 0.717) is 23.4 Å². The Morgan fingerprint density at radius 2 is 2.27 bits per heavy atom. The van der Waals surface area contributed by atoms with E-state index in [9.17, 15) is 9.18 Å². The number of carbonyl (C=O) groups is 1. The number of halogens is 1. The van der Waals surface area contributed by atoms with Crippen LogP contribution in [0.15, 0.2) is 34.9 Å². The van der Waals surface area contributed by atoms with Crippen LogP contribution in [0.5, 0.6) is 0 Å². The first-order valence-corrected chi connectivity index (χ1v) is 7.48. The topological polar surface area (TPSA) is 67.2 Å². The van der Waals surface area contributed by atoms with Crippen molar-refractivity contribution in [2.45, 2.75) is 37.4 Å². The van der Waals surface area contributed by atoms with Gasteiger partial charge in [0.1, 0.15) is 5.76 Å². The average molecular weight is 301 g/mol. The molecule has 0 aromatic carbocycles. The molecule has 3 atom stereocenters. The number of furan rings is 1. The summed E-state index contributed by atoms with van der Waals surface area (Å²) >= 11 is 0. The van der Waals surface area contributed by atoms with Gasteiger partial charge in [0.05, 0.1) is 0 Å². The Bertz CT molecular complexity index is 715. The van der Waals surface area contributed by atoms with Gasteiger partial charge in [-0.3, -0.25) is 4.79 Å². The smallest absolute Gasteiger partial charge is 0.287 e. The van der Waals surface area contributed by atoms with Gasteiger partial charge in [-0.2, -0.15) is 4.39 Å². The minimum absolute atomic E-state index is 0.165. The molecule has 0 radical (unpaired) electrons. The molecule has 6 heteroatoms. The fourth-order valence-electron chi connectivity index (χ4n) is 3.39. The van der Waals surface area contributed by atoms with E-state index >= 15 is 0 Å². The zero-order valence-electron chi connectivity index (χ0n) is 11.9. The Labute approximate surface area is 126 Å². The molecule has 4 heterocycles. The quantitative estimate of drug-likeness (QED) is 0.852. The van der Waals surface area contributed by atoms with Crippen molar-refractivity contribution < 1.29 is 13.6 Å². The molecule has 1 amide bonds. The predicted octanol–water partition coefficient (Wildman–Crippen LogP) is 2.10. The number of amides is 1. The van der Waals surface area contributed by atoms with E-state index in [2.05, 4.69) is 15.6 Å². The third-order valence-corrected chi connectivity index (χ3v) is 4.46. The second-order valence-corrected chi connectivity index (χ2v) is 5.89. The molecule has 2 N–H and O–H groups in total. The van der Waals surface area contributed by atoms with E-state index in [1.54, 1.807) is 18.2 Å². The zero-order chi connectivity index (χ0) is 15.1. The maximum Gasteiger partial charge on any atom is 0.287 e. The molecule has 2 aromatic heterocycles. The molecule has 2 aliphatic rings.